The lowest BCUT2D eigenvalue weighted by atomic mass is 10.2. The van der Waals surface area contributed by atoms with E-state index < -0.39 is 0 Å². The molecule has 2 heterocycles. The lowest BCUT2D eigenvalue weighted by Gasteiger charge is -2.26. The molecule has 2 rings (SSSR count). The molecule has 14 heavy (non-hydrogen) atoms. The first-order chi connectivity index (χ1) is 6.79. The van der Waals surface area contributed by atoms with Crippen molar-refractivity contribution in [1.29, 1.82) is 0 Å². The molecule has 1 saturated heterocycles. The maximum absolute atomic E-state index is 11.8. The molecule has 1 aromatic rings. The average Bonchev–Trinajstić information content (AvgIpc) is 2.65. The van der Waals surface area contributed by atoms with Crippen LogP contribution in [-0.2, 0) is 0 Å². The lowest BCUT2D eigenvalue weighted by molar-refractivity contribution is 0.0736. The molecule has 6 heteroatoms. The molecule has 2 N–H and O–H groups in total. The summed E-state index contributed by atoms with van der Waals surface area (Å²) in [5, 5.41) is 9.75. The Kier molecular flexibility index (Phi) is 2.69. The molecule has 0 aliphatic carbocycles. The fraction of sp³-hybridized carbons (Fsp3) is 0.500. The van der Waals surface area contributed by atoms with Crippen molar-refractivity contribution in [3.63, 3.8) is 0 Å². The standard InChI is InChI=1S/C8H11ClN4O/c9-7-6(5-11-12-7)8(14)13-3-1-10-2-4-13/h5,10H,1-4H2,(H,11,12). The minimum atomic E-state index is -0.0507. The number of amides is 1. The molecule has 0 bridgehead atoms. The third-order valence-corrected chi connectivity index (χ3v) is 2.52. The number of halogens is 1. The third kappa shape index (κ3) is 1.73. The predicted molar refractivity (Wildman–Crippen MR) is 52.4 cm³/mol. The van der Waals surface area contributed by atoms with Crippen LogP contribution in [0.4, 0.5) is 0 Å². The molecule has 1 aliphatic rings. The summed E-state index contributed by atoms with van der Waals surface area (Å²) >= 11 is 5.77. The van der Waals surface area contributed by atoms with E-state index in [1.165, 1.54) is 6.20 Å². The van der Waals surface area contributed by atoms with Crippen LogP contribution in [0.2, 0.25) is 5.15 Å². The van der Waals surface area contributed by atoms with Crippen LogP contribution in [-0.4, -0.2) is 47.2 Å². The van der Waals surface area contributed by atoms with E-state index in [-0.39, 0.29) is 5.91 Å². The van der Waals surface area contributed by atoms with Crippen LogP contribution in [0.5, 0.6) is 0 Å². The largest absolute Gasteiger partial charge is 0.336 e. The first-order valence-electron chi connectivity index (χ1n) is 4.48. The van der Waals surface area contributed by atoms with Gasteiger partial charge < -0.3 is 10.2 Å². The van der Waals surface area contributed by atoms with Gasteiger partial charge >= 0.3 is 0 Å². The van der Waals surface area contributed by atoms with Gasteiger partial charge in [-0.3, -0.25) is 9.89 Å². The summed E-state index contributed by atoms with van der Waals surface area (Å²) < 4.78 is 0. The number of hydrogen-bond donors (Lipinski definition) is 2. The first-order valence-corrected chi connectivity index (χ1v) is 4.85. The molecule has 1 fully saturated rings. The number of carbonyl (C=O) groups is 1. The Morgan fingerprint density at radius 3 is 2.79 bits per heavy atom. The van der Waals surface area contributed by atoms with Gasteiger partial charge in [0.15, 0.2) is 0 Å². The van der Waals surface area contributed by atoms with Crippen molar-refractivity contribution in [3.05, 3.63) is 16.9 Å². The number of aromatic amines is 1. The predicted octanol–water partition coefficient (Wildman–Crippen LogP) is 0.108. The number of rotatable bonds is 1. The van der Waals surface area contributed by atoms with Gasteiger partial charge in [0.1, 0.15) is 5.15 Å². The fourth-order valence-electron chi connectivity index (χ4n) is 1.46. The molecular weight excluding hydrogens is 204 g/mol. The van der Waals surface area contributed by atoms with Crippen LogP contribution in [0.15, 0.2) is 6.20 Å². The van der Waals surface area contributed by atoms with E-state index in [2.05, 4.69) is 15.5 Å². The quantitative estimate of drug-likeness (QED) is 0.698. The average molecular weight is 215 g/mol. The molecule has 5 nitrogen and oxygen atoms in total. The second-order valence-electron chi connectivity index (χ2n) is 3.14. The zero-order valence-corrected chi connectivity index (χ0v) is 8.34. The van der Waals surface area contributed by atoms with Crippen LogP contribution in [0.3, 0.4) is 0 Å². The number of hydrogen-bond acceptors (Lipinski definition) is 3. The van der Waals surface area contributed by atoms with Crippen molar-refractivity contribution in [2.45, 2.75) is 0 Å². The summed E-state index contributed by atoms with van der Waals surface area (Å²) in [6, 6.07) is 0. The van der Waals surface area contributed by atoms with Gasteiger partial charge in [-0.25, -0.2) is 0 Å². The Balaban J connectivity index is 2.11. The van der Waals surface area contributed by atoms with Crippen LogP contribution in [0.25, 0.3) is 0 Å². The van der Waals surface area contributed by atoms with E-state index in [1.807, 2.05) is 0 Å². The van der Waals surface area contributed by atoms with Crippen LogP contribution in [0.1, 0.15) is 10.4 Å². The summed E-state index contributed by atoms with van der Waals surface area (Å²) in [4.78, 5) is 13.6. The molecule has 0 radical (unpaired) electrons. The molecule has 1 aromatic heterocycles. The van der Waals surface area contributed by atoms with Gasteiger partial charge in [0.25, 0.3) is 5.91 Å². The van der Waals surface area contributed by atoms with Gasteiger partial charge in [0.2, 0.25) is 0 Å². The number of nitrogens with zero attached hydrogens (tertiary/aromatic N) is 2. The summed E-state index contributed by atoms with van der Waals surface area (Å²) in [5.74, 6) is -0.0507. The van der Waals surface area contributed by atoms with E-state index >= 15 is 0 Å². The molecule has 0 aromatic carbocycles. The van der Waals surface area contributed by atoms with E-state index in [9.17, 15) is 4.79 Å². The Morgan fingerprint density at radius 2 is 2.21 bits per heavy atom. The molecule has 1 aliphatic heterocycles. The molecule has 0 spiro atoms. The summed E-state index contributed by atoms with van der Waals surface area (Å²) in [6.45, 7) is 3.11. The van der Waals surface area contributed by atoms with E-state index in [1.54, 1.807) is 4.90 Å². The normalized spacial score (nSPS) is 17.1. The monoisotopic (exact) mass is 214 g/mol. The lowest BCUT2D eigenvalue weighted by Crippen LogP contribution is -2.46. The Hall–Kier alpha value is -1.07. The SMILES string of the molecule is O=C(c1cn[nH]c1Cl)N1CCNCC1. The number of H-pyrrole nitrogens is 1. The topological polar surface area (TPSA) is 61.0 Å². The third-order valence-electron chi connectivity index (χ3n) is 2.23. The summed E-state index contributed by atoms with van der Waals surface area (Å²) in [5.41, 5.74) is 0.452. The Bertz CT molecular complexity index is 332. The van der Waals surface area contributed by atoms with Crippen LogP contribution >= 0.6 is 11.6 Å². The molecular formula is C8H11ClN4O. The first kappa shape index (κ1) is 9.48. The van der Waals surface area contributed by atoms with Crippen molar-refractivity contribution in [2.75, 3.05) is 26.2 Å². The maximum atomic E-state index is 11.8. The summed E-state index contributed by atoms with van der Waals surface area (Å²) in [7, 11) is 0. The van der Waals surface area contributed by atoms with Crippen LogP contribution in [0, 0.1) is 0 Å². The summed E-state index contributed by atoms with van der Waals surface area (Å²) in [6.07, 6.45) is 1.46. The number of piperazine rings is 1. The fourth-order valence-corrected chi connectivity index (χ4v) is 1.64. The van der Waals surface area contributed by atoms with Crippen molar-refractivity contribution in [1.82, 2.24) is 20.4 Å². The van der Waals surface area contributed by atoms with Crippen molar-refractivity contribution in [3.8, 4) is 0 Å². The van der Waals surface area contributed by atoms with E-state index in [0.717, 1.165) is 26.2 Å². The van der Waals surface area contributed by atoms with Crippen molar-refractivity contribution in [2.24, 2.45) is 0 Å². The van der Waals surface area contributed by atoms with Crippen LogP contribution < -0.4 is 5.32 Å². The van der Waals surface area contributed by atoms with Gasteiger partial charge in [0, 0.05) is 26.2 Å². The van der Waals surface area contributed by atoms with Crippen molar-refractivity contribution < 1.29 is 4.79 Å². The molecule has 1 amide bonds. The van der Waals surface area contributed by atoms with Gasteiger partial charge in [-0.2, -0.15) is 5.10 Å². The molecule has 76 valence electrons. The zero-order chi connectivity index (χ0) is 9.97. The highest BCUT2D eigenvalue weighted by Gasteiger charge is 2.20. The van der Waals surface area contributed by atoms with E-state index in [0.29, 0.717) is 10.7 Å². The highest BCUT2D eigenvalue weighted by Crippen LogP contribution is 2.13. The molecule has 0 unspecified atom stereocenters. The maximum Gasteiger partial charge on any atom is 0.258 e. The minimum absolute atomic E-state index is 0.0507. The number of nitrogens with one attached hydrogen (secondary N) is 2. The van der Waals surface area contributed by atoms with Gasteiger partial charge in [-0.05, 0) is 0 Å². The molecule has 0 saturated carbocycles. The Morgan fingerprint density at radius 1 is 1.50 bits per heavy atom. The smallest absolute Gasteiger partial charge is 0.258 e. The second kappa shape index (κ2) is 3.98. The van der Waals surface area contributed by atoms with E-state index in [4.69, 9.17) is 11.6 Å². The highest BCUT2D eigenvalue weighted by molar-refractivity contribution is 6.32. The Labute approximate surface area is 86.4 Å². The number of aromatic nitrogens is 2. The number of carbonyl (C=O) groups excluding carboxylic acids is 1. The zero-order valence-electron chi connectivity index (χ0n) is 7.59. The highest BCUT2D eigenvalue weighted by atomic mass is 35.5. The minimum Gasteiger partial charge on any atom is -0.336 e. The van der Waals surface area contributed by atoms with Gasteiger partial charge in [-0.15, -0.1) is 0 Å². The van der Waals surface area contributed by atoms with Crippen molar-refractivity contribution >= 4 is 17.5 Å². The second-order valence-corrected chi connectivity index (χ2v) is 3.52. The van der Waals surface area contributed by atoms with Gasteiger partial charge in [-0.1, -0.05) is 11.6 Å². The molecule has 0 atom stereocenters. The van der Waals surface area contributed by atoms with Gasteiger partial charge in [0.05, 0.1) is 11.8 Å².